The molecule has 0 aromatic carbocycles. The van der Waals surface area contributed by atoms with Crippen LogP contribution in [0.15, 0.2) is 4.52 Å². The highest BCUT2D eigenvalue weighted by Gasteiger charge is 2.38. The highest BCUT2D eigenvalue weighted by atomic mass is 16.5. The molecular formula is C16H29N3O2. The van der Waals surface area contributed by atoms with E-state index in [-0.39, 0.29) is 5.60 Å². The Morgan fingerprint density at radius 2 is 1.90 bits per heavy atom. The van der Waals surface area contributed by atoms with Crippen LogP contribution in [0.1, 0.15) is 76.4 Å². The molecule has 0 bridgehead atoms. The molecule has 1 aromatic heterocycles. The SMILES string of the molecule is CCOC1(c2noc(CCCCCN)n2)CCCCCC1. The van der Waals surface area contributed by atoms with E-state index in [0.717, 1.165) is 56.8 Å². The molecule has 1 heterocycles. The molecule has 1 saturated carbocycles. The maximum atomic E-state index is 6.09. The molecule has 2 rings (SSSR count). The zero-order chi connectivity index (χ0) is 15.0. The van der Waals surface area contributed by atoms with Gasteiger partial charge >= 0.3 is 0 Å². The van der Waals surface area contributed by atoms with Gasteiger partial charge in [0, 0.05) is 13.0 Å². The van der Waals surface area contributed by atoms with E-state index in [1.165, 1.54) is 25.7 Å². The van der Waals surface area contributed by atoms with Gasteiger partial charge in [-0.3, -0.25) is 0 Å². The third-order valence-electron chi connectivity index (χ3n) is 4.30. The molecule has 0 unspecified atom stereocenters. The van der Waals surface area contributed by atoms with E-state index in [2.05, 4.69) is 10.1 Å². The third-order valence-corrected chi connectivity index (χ3v) is 4.30. The predicted molar refractivity (Wildman–Crippen MR) is 81.9 cm³/mol. The van der Waals surface area contributed by atoms with Crippen LogP contribution in [0, 0.1) is 0 Å². The fraction of sp³-hybridized carbons (Fsp3) is 0.875. The maximum absolute atomic E-state index is 6.09. The Morgan fingerprint density at radius 3 is 2.57 bits per heavy atom. The number of ether oxygens (including phenoxy) is 1. The molecule has 5 nitrogen and oxygen atoms in total. The van der Waals surface area contributed by atoms with Crippen LogP contribution in [0.3, 0.4) is 0 Å². The van der Waals surface area contributed by atoms with Gasteiger partial charge < -0.3 is 15.0 Å². The van der Waals surface area contributed by atoms with Crippen molar-refractivity contribution in [2.75, 3.05) is 13.2 Å². The lowest BCUT2D eigenvalue weighted by Crippen LogP contribution is -2.30. The zero-order valence-corrected chi connectivity index (χ0v) is 13.3. The minimum absolute atomic E-state index is 0.315. The minimum atomic E-state index is -0.315. The molecule has 21 heavy (non-hydrogen) atoms. The van der Waals surface area contributed by atoms with Gasteiger partial charge in [0.25, 0.3) is 0 Å². The summed E-state index contributed by atoms with van der Waals surface area (Å²) in [5.74, 6) is 1.51. The molecule has 1 fully saturated rings. The van der Waals surface area contributed by atoms with Crippen LogP contribution in [0.2, 0.25) is 0 Å². The smallest absolute Gasteiger partial charge is 0.226 e. The second-order valence-electron chi connectivity index (χ2n) is 5.95. The molecule has 2 N–H and O–H groups in total. The summed E-state index contributed by atoms with van der Waals surface area (Å²) in [7, 11) is 0. The number of hydrogen-bond acceptors (Lipinski definition) is 5. The van der Waals surface area contributed by atoms with Crippen LogP contribution in [-0.4, -0.2) is 23.3 Å². The van der Waals surface area contributed by atoms with Gasteiger partial charge in [-0.2, -0.15) is 4.98 Å². The molecule has 1 aromatic rings. The van der Waals surface area contributed by atoms with Crippen molar-refractivity contribution in [3.05, 3.63) is 11.7 Å². The Hall–Kier alpha value is -0.940. The summed E-state index contributed by atoms with van der Waals surface area (Å²) in [6.07, 6.45) is 11.0. The summed E-state index contributed by atoms with van der Waals surface area (Å²) in [6.45, 7) is 3.49. The number of nitrogens with two attached hydrogens (primary N) is 1. The molecule has 120 valence electrons. The Morgan fingerprint density at radius 1 is 1.14 bits per heavy atom. The van der Waals surface area contributed by atoms with E-state index in [4.69, 9.17) is 15.0 Å². The minimum Gasteiger partial charge on any atom is -0.367 e. The number of aryl methyl sites for hydroxylation is 1. The van der Waals surface area contributed by atoms with E-state index in [1.54, 1.807) is 0 Å². The van der Waals surface area contributed by atoms with E-state index in [9.17, 15) is 0 Å². The van der Waals surface area contributed by atoms with Crippen LogP contribution in [0.5, 0.6) is 0 Å². The van der Waals surface area contributed by atoms with Gasteiger partial charge in [-0.1, -0.05) is 37.3 Å². The largest absolute Gasteiger partial charge is 0.367 e. The first kappa shape index (κ1) is 16.4. The summed E-state index contributed by atoms with van der Waals surface area (Å²) in [6, 6.07) is 0. The summed E-state index contributed by atoms with van der Waals surface area (Å²) in [5.41, 5.74) is 5.19. The number of aromatic nitrogens is 2. The molecule has 0 aliphatic heterocycles. The Balaban J connectivity index is 2.01. The van der Waals surface area contributed by atoms with Crippen molar-refractivity contribution in [2.45, 2.75) is 76.7 Å². The first-order valence-electron chi connectivity index (χ1n) is 8.48. The summed E-state index contributed by atoms with van der Waals surface area (Å²) in [5, 5.41) is 4.24. The second-order valence-corrected chi connectivity index (χ2v) is 5.95. The molecule has 0 radical (unpaired) electrons. The first-order chi connectivity index (χ1) is 10.3. The lowest BCUT2D eigenvalue weighted by atomic mass is 9.93. The van der Waals surface area contributed by atoms with Crippen molar-refractivity contribution in [3.8, 4) is 0 Å². The van der Waals surface area contributed by atoms with Crippen LogP contribution in [0.4, 0.5) is 0 Å². The van der Waals surface area contributed by atoms with Gasteiger partial charge in [0.2, 0.25) is 11.7 Å². The van der Waals surface area contributed by atoms with Crippen molar-refractivity contribution >= 4 is 0 Å². The average molecular weight is 295 g/mol. The monoisotopic (exact) mass is 295 g/mol. The number of rotatable bonds is 8. The molecule has 0 amide bonds. The number of hydrogen-bond donors (Lipinski definition) is 1. The highest BCUT2D eigenvalue weighted by molar-refractivity contribution is 5.03. The number of nitrogens with zero attached hydrogens (tertiary/aromatic N) is 2. The Bertz CT molecular complexity index is 398. The topological polar surface area (TPSA) is 74.2 Å². The number of unbranched alkanes of at least 4 members (excludes halogenated alkanes) is 2. The molecule has 0 atom stereocenters. The second kappa shape index (κ2) is 8.49. The zero-order valence-electron chi connectivity index (χ0n) is 13.3. The fourth-order valence-corrected chi connectivity index (χ4v) is 3.15. The van der Waals surface area contributed by atoms with Crippen molar-refractivity contribution in [1.29, 1.82) is 0 Å². The lowest BCUT2D eigenvalue weighted by Gasteiger charge is -2.29. The van der Waals surface area contributed by atoms with Crippen LogP contribution < -0.4 is 5.73 Å². The van der Waals surface area contributed by atoms with E-state index in [0.29, 0.717) is 6.61 Å². The average Bonchev–Trinajstić information content (AvgIpc) is 2.84. The summed E-state index contributed by atoms with van der Waals surface area (Å²) >= 11 is 0. The normalized spacial score (nSPS) is 18.6. The van der Waals surface area contributed by atoms with Gasteiger partial charge in [-0.15, -0.1) is 0 Å². The first-order valence-corrected chi connectivity index (χ1v) is 8.48. The van der Waals surface area contributed by atoms with Crippen molar-refractivity contribution < 1.29 is 9.26 Å². The summed E-state index contributed by atoms with van der Waals surface area (Å²) < 4.78 is 11.5. The molecule has 0 spiro atoms. The quantitative estimate of drug-likeness (QED) is 0.588. The van der Waals surface area contributed by atoms with Crippen molar-refractivity contribution in [1.82, 2.24) is 10.1 Å². The highest BCUT2D eigenvalue weighted by Crippen LogP contribution is 2.38. The molecule has 1 aliphatic carbocycles. The molecule has 1 aliphatic rings. The maximum Gasteiger partial charge on any atom is 0.226 e. The van der Waals surface area contributed by atoms with Gasteiger partial charge in [0.05, 0.1) is 0 Å². The van der Waals surface area contributed by atoms with Gasteiger partial charge in [0.15, 0.2) is 0 Å². The Labute approximate surface area is 127 Å². The lowest BCUT2D eigenvalue weighted by molar-refractivity contribution is -0.0636. The van der Waals surface area contributed by atoms with E-state index < -0.39 is 0 Å². The van der Waals surface area contributed by atoms with Crippen molar-refractivity contribution in [2.24, 2.45) is 5.73 Å². The van der Waals surface area contributed by atoms with E-state index >= 15 is 0 Å². The Kier molecular flexibility index (Phi) is 6.64. The van der Waals surface area contributed by atoms with E-state index in [1.807, 2.05) is 6.92 Å². The van der Waals surface area contributed by atoms with Crippen LogP contribution in [0.25, 0.3) is 0 Å². The fourth-order valence-electron chi connectivity index (χ4n) is 3.15. The predicted octanol–water partition coefficient (Wildman–Crippen LogP) is 3.33. The van der Waals surface area contributed by atoms with Crippen LogP contribution >= 0.6 is 0 Å². The summed E-state index contributed by atoms with van der Waals surface area (Å²) in [4.78, 5) is 4.63. The molecule has 5 heteroatoms. The molecule has 0 saturated heterocycles. The van der Waals surface area contributed by atoms with Crippen LogP contribution in [-0.2, 0) is 16.8 Å². The van der Waals surface area contributed by atoms with Gasteiger partial charge in [-0.25, -0.2) is 0 Å². The molecular weight excluding hydrogens is 266 g/mol. The van der Waals surface area contributed by atoms with Gasteiger partial charge in [-0.05, 0) is 39.2 Å². The standard InChI is InChI=1S/C16H29N3O2/c1-2-20-16(11-7-3-4-8-12-16)15-18-14(21-19-15)10-6-5-9-13-17/h2-13,17H2,1H3. The third kappa shape index (κ3) is 4.51. The van der Waals surface area contributed by atoms with Crippen molar-refractivity contribution in [3.63, 3.8) is 0 Å². The van der Waals surface area contributed by atoms with Gasteiger partial charge in [0.1, 0.15) is 5.60 Å².